The topological polar surface area (TPSA) is 29.3 Å². The van der Waals surface area contributed by atoms with Crippen molar-refractivity contribution in [3.63, 3.8) is 0 Å². The molecule has 0 spiro atoms. The minimum atomic E-state index is 0.640. The van der Waals surface area contributed by atoms with Crippen LogP contribution in [0.4, 0.5) is 5.69 Å². The summed E-state index contributed by atoms with van der Waals surface area (Å²) in [6, 6.07) is 6.62. The first-order chi connectivity index (χ1) is 9.17. The average Bonchev–Trinajstić information content (AvgIpc) is 2.88. The minimum Gasteiger partial charge on any atom is -0.371 e. The molecule has 1 aliphatic rings. The molecule has 3 heteroatoms. The second-order valence-corrected chi connectivity index (χ2v) is 6.94. The van der Waals surface area contributed by atoms with Crippen LogP contribution in [-0.4, -0.2) is 18.8 Å². The number of hydrogen-bond acceptors (Lipinski definition) is 3. The lowest BCUT2D eigenvalue weighted by atomic mass is 9.95. The average molecular weight is 278 g/mol. The molecule has 2 rings (SSSR count). The van der Waals surface area contributed by atoms with Gasteiger partial charge < -0.3 is 10.6 Å². The van der Waals surface area contributed by atoms with Gasteiger partial charge >= 0.3 is 0 Å². The predicted molar refractivity (Wildman–Crippen MR) is 85.9 cm³/mol. The number of nitrogens with two attached hydrogens (primary N) is 1. The fraction of sp³-hybridized carbons (Fsp3) is 0.625. The van der Waals surface area contributed by atoms with E-state index in [0.29, 0.717) is 6.54 Å². The van der Waals surface area contributed by atoms with Gasteiger partial charge in [-0.15, -0.1) is 11.8 Å². The highest BCUT2D eigenvalue weighted by atomic mass is 32.2. The summed E-state index contributed by atoms with van der Waals surface area (Å²) in [5, 5.41) is 0. The lowest BCUT2D eigenvalue weighted by Gasteiger charge is -2.24. The Hall–Kier alpha value is -0.670. The highest BCUT2D eigenvalue weighted by Gasteiger charge is 2.26. The molecule has 1 saturated heterocycles. The third kappa shape index (κ3) is 3.26. The molecule has 1 aromatic rings. The molecule has 2 nitrogen and oxygen atoms in total. The van der Waals surface area contributed by atoms with Crippen molar-refractivity contribution in [2.75, 3.05) is 23.7 Å². The minimum absolute atomic E-state index is 0.640. The number of thioether (sulfide) groups is 1. The molecule has 0 aliphatic carbocycles. The molecule has 1 aliphatic heterocycles. The molecular weight excluding hydrogens is 252 g/mol. The van der Waals surface area contributed by atoms with Gasteiger partial charge in [-0.2, -0.15) is 0 Å². The van der Waals surface area contributed by atoms with Gasteiger partial charge in [0.25, 0.3) is 0 Å². The zero-order valence-corrected chi connectivity index (χ0v) is 13.2. The Labute approximate surface area is 121 Å². The van der Waals surface area contributed by atoms with Gasteiger partial charge in [0.05, 0.1) is 0 Å². The van der Waals surface area contributed by atoms with E-state index in [2.05, 4.69) is 43.9 Å². The van der Waals surface area contributed by atoms with Crippen LogP contribution in [-0.2, 0) is 6.54 Å². The molecule has 1 atom stereocenters. The summed E-state index contributed by atoms with van der Waals surface area (Å²) < 4.78 is 0. The zero-order valence-electron chi connectivity index (χ0n) is 12.4. The molecule has 1 heterocycles. The summed E-state index contributed by atoms with van der Waals surface area (Å²) in [7, 11) is 0. The third-order valence-corrected chi connectivity index (χ3v) is 5.10. The fourth-order valence-corrected chi connectivity index (χ4v) is 3.74. The maximum Gasteiger partial charge on any atom is 0.0423 e. The summed E-state index contributed by atoms with van der Waals surface area (Å²) in [6.07, 6.45) is 1.31. The Morgan fingerprint density at radius 3 is 2.79 bits per heavy atom. The van der Waals surface area contributed by atoms with E-state index in [4.69, 9.17) is 5.73 Å². The summed E-state index contributed by atoms with van der Waals surface area (Å²) in [4.78, 5) is 3.89. The second kappa shape index (κ2) is 6.67. The highest BCUT2D eigenvalue weighted by molar-refractivity contribution is 7.99. The van der Waals surface area contributed by atoms with Crippen LogP contribution in [0.15, 0.2) is 23.1 Å². The number of benzene rings is 1. The third-order valence-electron chi connectivity index (χ3n) is 4.12. The quantitative estimate of drug-likeness (QED) is 0.832. The van der Waals surface area contributed by atoms with E-state index in [1.54, 1.807) is 0 Å². The van der Waals surface area contributed by atoms with Crippen molar-refractivity contribution in [1.29, 1.82) is 0 Å². The number of rotatable bonds is 5. The predicted octanol–water partition coefficient (Wildman–Crippen LogP) is 3.74. The Bertz CT molecular complexity index is 417. The van der Waals surface area contributed by atoms with E-state index < -0.39 is 0 Å². The SMILES string of the molecule is CCSc1cccc(N2CCC(C(C)C)C2)c1CN. The Kier molecular flexibility index (Phi) is 5.17. The molecular formula is C16H26N2S. The highest BCUT2D eigenvalue weighted by Crippen LogP contribution is 2.34. The summed E-state index contributed by atoms with van der Waals surface area (Å²) in [5.41, 5.74) is 8.70. The molecule has 0 radical (unpaired) electrons. The molecule has 1 fully saturated rings. The smallest absolute Gasteiger partial charge is 0.0423 e. The van der Waals surface area contributed by atoms with Crippen LogP contribution < -0.4 is 10.6 Å². The van der Waals surface area contributed by atoms with Gasteiger partial charge in [0.15, 0.2) is 0 Å². The molecule has 0 amide bonds. The van der Waals surface area contributed by atoms with E-state index in [1.807, 2.05) is 11.8 Å². The van der Waals surface area contributed by atoms with E-state index >= 15 is 0 Å². The Balaban J connectivity index is 2.23. The molecule has 0 aromatic heterocycles. The Morgan fingerprint density at radius 2 is 2.21 bits per heavy atom. The maximum absolute atomic E-state index is 6.00. The normalized spacial score (nSPS) is 19.4. The first-order valence-corrected chi connectivity index (χ1v) is 8.35. The van der Waals surface area contributed by atoms with Crippen molar-refractivity contribution in [1.82, 2.24) is 0 Å². The van der Waals surface area contributed by atoms with Gasteiger partial charge in [-0.1, -0.05) is 26.8 Å². The van der Waals surface area contributed by atoms with E-state index in [-0.39, 0.29) is 0 Å². The molecule has 106 valence electrons. The van der Waals surface area contributed by atoms with Crippen molar-refractivity contribution >= 4 is 17.4 Å². The van der Waals surface area contributed by atoms with E-state index in [9.17, 15) is 0 Å². The molecule has 1 unspecified atom stereocenters. The van der Waals surface area contributed by atoms with Crippen LogP contribution in [0.2, 0.25) is 0 Å². The fourth-order valence-electron chi connectivity index (χ4n) is 2.90. The van der Waals surface area contributed by atoms with Crippen LogP contribution >= 0.6 is 11.8 Å². The number of nitrogens with zero attached hydrogens (tertiary/aromatic N) is 1. The molecule has 0 bridgehead atoms. The summed E-state index contributed by atoms with van der Waals surface area (Å²) >= 11 is 1.90. The van der Waals surface area contributed by atoms with Gasteiger partial charge in [0.1, 0.15) is 0 Å². The lowest BCUT2D eigenvalue weighted by molar-refractivity contribution is 0.422. The van der Waals surface area contributed by atoms with Crippen LogP contribution in [0.25, 0.3) is 0 Å². The summed E-state index contributed by atoms with van der Waals surface area (Å²) in [5.74, 6) is 2.71. The molecule has 19 heavy (non-hydrogen) atoms. The van der Waals surface area contributed by atoms with Crippen LogP contribution in [0.5, 0.6) is 0 Å². The van der Waals surface area contributed by atoms with Crippen LogP contribution in [0, 0.1) is 11.8 Å². The monoisotopic (exact) mass is 278 g/mol. The first kappa shape index (κ1) is 14.7. The van der Waals surface area contributed by atoms with Crippen molar-refractivity contribution < 1.29 is 0 Å². The van der Waals surface area contributed by atoms with Crippen molar-refractivity contribution in [3.8, 4) is 0 Å². The van der Waals surface area contributed by atoms with Crippen molar-refractivity contribution in [2.24, 2.45) is 17.6 Å². The summed E-state index contributed by atoms with van der Waals surface area (Å²) in [6.45, 7) is 9.87. The van der Waals surface area contributed by atoms with E-state index in [1.165, 1.54) is 35.7 Å². The molecule has 0 saturated carbocycles. The van der Waals surface area contributed by atoms with Gasteiger partial charge in [0, 0.05) is 35.8 Å². The van der Waals surface area contributed by atoms with E-state index in [0.717, 1.165) is 17.6 Å². The zero-order chi connectivity index (χ0) is 13.8. The number of hydrogen-bond donors (Lipinski definition) is 1. The van der Waals surface area contributed by atoms with Crippen molar-refractivity contribution in [2.45, 2.75) is 38.6 Å². The van der Waals surface area contributed by atoms with Gasteiger partial charge in [0.2, 0.25) is 0 Å². The maximum atomic E-state index is 6.00. The molecule has 1 aromatic carbocycles. The van der Waals surface area contributed by atoms with Crippen LogP contribution in [0.1, 0.15) is 32.8 Å². The lowest BCUT2D eigenvalue weighted by Crippen LogP contribution is -2.23. The first-order valence-electron chi connectivity index (χ1n) is 7.37. The van der Waals surface area contributed by atoms with Gasteiger partial charge in [-0.25, -0.2) is 0 Å². The van der Waals surface area contributed by atoms with Gasteiger partial charge in [-0.3, -0.25) is 0 Å². The largest absolute Gasteiger partial charge is 0.371 e. The van der Waals surface area contributed by atoms with Gasteiger partial charge in [-0.05, 0) is 36.1 Å². The van der Waals surface area contributed by atoms with Crippen molar-refractivity contribution in [3.05, 3.63) is 23.8 Å². The number of anilines is 1. The standard InChI is InChI=1S/C16H26N2S/c1-4-19-16-7-5-6-15(14(16)10-17)18-9-8-13(11-18)12(2)3/h5-7,12-13H,4,8-11,17H2,1-3H3. The molecule has 2 N–H and O–H groups in total. The Morgan fingerprint density at radius 1 is 1.42 bits per heavy atom. The second-order valence-electron chi connectivity index (χ2n) is 5.63. The van der Waals surface area contributed by atoms with Crippen LogP contribution in [0.3, 0.4) is 0 Å².